The first-order valence-electron chi connectivity index (χ1n) is 39.8. The van der Waals surface area contributed by atoms with Gasteiger partial charge in [0.25, 0.3) is 5.91 Å². The number of ether oxygens (including phenoxy) is 3. The van der Waals surface area contributed by atoms with Gasteiger partial charge < -0.3 is 103 Å². The molecule has 0 aliphatic carbocycles. The van der Waals surface area contributed by atoms with Crippen LogP contribution in [0.3, 0.4) is 0 Å². The number of thiazole rings is 1. The van der Waals surface area contributed by atoms with Crippen LogP contribution in [0.1, 0.15) is 183 Å². The topological polar surface area (TPSA) is 611 Å². The van der Waals surface area contributed by atoms with Crippen molar-refractivity contribution in [1.29, 1.82) is 0 Å². The number of rotatable bonds is 55. The second-order valence-corrected chi connectivity index (χ2v) is 33.0. The summed E-state index contributed by atoms with van der Waals surface area (Å²) in [6.07, 6.45) is -0.633. The molecule has 122 heavy (non-hydrogen) atoms. The van der Waals surface area contributed by atoms with E-state index >= 15 is 4.79 Å². The lowest BCUT2D eigenvalue weighted by molar-refractivity contribution is -0.153. The van der Waals surface area contributed by atoms with Gasteiger partial charge in [-0.1, -0.05) is 119 Å². The Hall–Kier alpha value is -11.1. The van der Waals surface area contributed by atoms with Gasteiger partial charge in [-0.05, 0) is 112 Å². The molecule has 12 atom stereocenters. The van der Waals surface area contributed by atoms with Crippen LogP contribution in [0.4, 0.5) is 14.4 Å². The molecule has 12 amide bonds. The Balaban J connectivity index is 1.28. The number of aliphatic carboxylic acids is 6. The SMILES string of the molecule is CCCCOCN(C(=O)[C@@H](NC(=O)[C@H]1CCCCN1C)C(C)CC)[C@@H](C[C@@H](OC(C)=O)c1nc(C(=O)N[C@@H](Cc2ccc(O)cc2)C[C@H](C)C(=O)NNC(=O)OCCSSC[C@@H](NC(=O)[C@H](CC(=O)O)NC(=O)[C@H](CC(=O)O)NC(=O)Cc2ccc(CNC(=O)NCCCC[C@@H](NC(=O)N[C@@H](CCC(=O)O)C(=O)O)C(=O)O)cc2)C(=O)O)cs1)C(C)C. The Kier molecular flexibility index (Phi) is 45.9. The van der Waals surface area contributed by atoms with Gasteiger partial charge in [-0.3, -0.25) is 63.1 Å². The summed E-state index contributed by atoms with van der Waals surface area (Å²) in [5, 5.41) is 90.5. The number of nitrogens with one attached hydrogen (secondary N) is 11. The summed E-state index contributed by atoms with van der Waals surface area (Å²) in [5.74, 6) is -17.0. The lowest BCUT2D eigenvalue weighted by Crippen LogP contribution is -2.59. The highest BCUT2D eigenvalue weighted by Crippen LogP contribution is 2.33. The molecule has 1 aromatic heterocycles. The number of piperidine rings is 1. The number of carbonyl (C=O) groups excluding carboxylic acids is 11. The average molecular weight is 1780 g/mol. The molecule has 0 radical (unpaired) electrons. The van der Waals surface area contributed by atoms with Crippen molar-refractivity contribution in [3.05, 3.63) is 81.3 Å². The zero-order valence-corrected chi connectivity index (χ0v) is 71.7. The number of esters is 1. The quantitative estimate of drug-likeness (QED) is 0.0126. The van der Waals surface area contributed by atoms with Crippen LogP contribution in [0.5, 0.6) is 5.75 Å². The number of aromatic hydroxyl groups is 1. The van der Waals surface area contributed by atoms with E-state index in [0.717, 1.165) is 65.2 Å². The molecule has 4 rings (SSSR count). The van der Waals surface area contributed by atoms with Gasteiger partial charge in [0.05, 0.1) is 25.3 Å². The highest BCUT2D eigenvalue weighted by molar-refractivity contribution is 8.76. The number of benzene rings is 2. The molecule has 41 nitrogen and oxygen atoms in total. The zero-order valence-electron chi connectivity index (χ0n) is 69.2. The maximum Gasteiger partial charge on any atom is 0.426 e. The van der Waals surface area contributed by atoms with Crippen molar-refractivity contribution < 1.29 is 131 Å². The van der Waals surface area contributed by atoms with Gasteiger partial charge in [0.15, 0.2) is 6.10 Å². The Bertz CT molecular complexity index is 4010. The van der Waals surface area contributed by atoms with Crippen molar-refractivity contribution in [2.24, 2.45) is 17.8 Å². The standard InChI is InChI=1S/C78H114N14O27S3/c1-9-11-30-117-42-92(72(107)65(44(5)10-2)88-70(106)58-17-13-15-29-91(58)8)59(43(3)4)38-60(119-46(7)93)71-85-56(40-120-71)69(105)81-50(34-47-22-24-51(94)25-23-47)33-45(6)66(102)89-90-78(116)118-31-32-121-122-41-57(75(112)113)84-68(104)55(37-64(100)101)83-67(103)54(36-63(98)99)82-61(95)35-48-18-20-49(21-19-48)39-80-76(114)79-28-14-12-16-52(73(108)109)86-77(115)87-53(74(110)111)26-27-62(96)97/h18-25,40,43-45,50,52-55,57-60,65,94H,9-17,26-39,41-42H2,1-8H3,(H,81,105)(H,82,95)(H,83,103)(H,84,104)(H,88,106)(H,89,102)(H,90,116)(H,96,97)(H,98,99)(H,100,101)(H,108,109)(H,110,111)(H,112,113)(H2,79,80,114)(H2,86,87,115)/t44?,45-,50+,52+,53-,54-,55-,57+,58+,59-,60+,65-/m0/s1. The minimum absolute atomic E-state index is 0.0134. The number of likely N-dealkylation sites (tertiary alicyclic amines) is 1. The molecule has 2 heterocycles. The number of likely N-dealkylation sites (N-methyl/N-ethyl adjacent to an activating group) is 1. The predicted molar refractivity (Wildman–Crippen MR) is 442 cm³/mol. The highest BCUT2D eigenvalue weighted by atomic mass is 33.1. The predicted octanol–water partition coefficient (Wildman–Crippen LogP) is 3.76. The fraction of sp³-hybridized carbons (Fsp3) is 0.590. The van der Waals surface area contributed by atoms with Crippen LogP contribution in [-0.2, 0) is 95.9 Å². The van der Waals surface area contributed by atoms with Gasteiger partial charge in [0.1, 0.15) is 66.0 Å². The van der Waals surface area contributed by atoms with Gasteiger partial charge >= 0.3 is 59.9 Å². The summed E-state index contributed by atoms with van der Waals surface area (Å²) in [4.78, 5) is 226. The van der Waals surface area contributed by atoms with E-state index in [2.05, 4.69) is 58.4 Å². The van der Waals surface area contributed by atoms with Crippen molar-refractivity contribution in [1.82, 2.24) is 73.5 Å². The molecule has 1 aliphatic rings. The number of hydrogen-bond donors (Lipinski definition) is 18. The summed E-state index contributed by atoms with van der Waals surface area (Å²) in [7, 11) is 3.75. The van der Waals surface area contributed by atoms with E-state index in [4.69, 9.17) is 19.3 Å². The summed E-state index contributed by atoms with van der Waals surface area (Å²) in [6.45, 7) is 13.2. The molecular weight excluding hydrogens is 1660 g/mol. The molecule has 1 aliphatic heterocycles. The number of urea groups is 2. The summed E-state index contributed by atoms with van der Waals surface area (Å²) in [6, 6.07) is -0.893. The second-order valence-electron chi connectivity index (χ2n) is 29.5. The van der Waals surface area contributed by atoms with Gasteiger partial charge in [-0.15, -0.1) is 11.3 Å². The number of carboxylic acid groups (broad SMARTS) is 6. The molecular formula is C78H114N14O27S3. The maximum absolute atomic E-state index is 15.0. The van der Waals surface area contributed by atoms with Crippen molar-refractivity contribution in [3.8, 4) is 5.75 Å². The van der Waals surface area contributed by atoms with Crippen molar-refractivity contribution in [3.63, 3.8) is 0 Å². The number of phenolic OH excluding ortho intramolecular Hbond substituents is 1. The first kappa shape index (κ1) is 103. The van der Waals surface area contributed by atoms with Gasteiger partial charge in [0, 0.05) is 74.3 Å². The fourth-order valence-electron chi connectivity index (χ4n) is 12.4. The van der Waals surface area contributed by atoms with Crippen LogP contribution >= 0.6 is 32.9 Å². The number of nitrogens with zero attached hydrogens (tertiary/aromatic N) is 3. The van der Waals surface area contributed by atoms with Crippen molar-refractivity contribution >= 4 is 134 Å². The number of unbranched alkanes of at least 4 members (excludes halogenated alkanes) is 2. The molecule has 0 saturated carbocycles. The third-order valence-corrected chi connectivity index (χ3v) is 22.7. The van der Waals surface area contributed by atoms with E-state index in [-0.39, 0.29) is 117 Å². The third kappa shape index (κ3) is 38.7. The van der Waals surface area contributed by atoms with E-state index in [1.807, 2.05) is 51.9 Å². The minimum Gasteiger partial charge on any atom is -0.508 e. The first-order valence-corrected chi connectivity index (χ1v) is 43.1. The number of hydrogen-bond acceptors (Lipinski definition) is 26. The molecule has 1 saturated heterocycles. The number of carbonyl (C=O) groups is 17. The van der Waals surface area contributed by atoms with Crippen LogP contribution in [0.15, 0.2) is 53.9 Å². The lowest BCUT2D eigenvalue weighted by Gasteiger charge is -2.40. The van der Waals surface area contributed by atoms with Gasteiger partial charge in [-0.2, -0.15) is 0 Å². The Morgan fingerprint density at radius 3 is 1.84 bits per heavy atom. The van der Waals surface area contributed by atoms with Gasteiger partial charge in [-0.25, -0.2) is 39.2 Å². The highest BCUT2D eigenvalue weighted by Gasteiger charge is 2.40. The molecule has 1 fully saturated rings. The van der Waals surface area contributed by atoms with Crippen molar-refractivity contribution in [2.75, 3.05) is 51.6 Å². The number of amides is 12. The molecule has 3 aromatic rings. The Morgan fingerprint density at radius 1 is 0.639 bits per heavy atom. The number of aromatic nitrogens is 1. The molecule has 0 bridgehead atoms. The molecule has 676 valence electrons. The van der Waals surface area contributed by atoms with Crippen LogP contribution < -0.4 is 58.7 Å². The summed E-state index contributed by atoms with van der Waals surface area (Å²) >= 11 is 1.05. The van der Waals surface area contributed by atoms with Crippen molar-refractivity contribution in [2.45, 2.75) is 225 Å². The lowest BCUT2D eigenvalue weighted by atomic mass is 9.92. The molecule has 18 N–H and O–H groups in total. The number of hydrazine groups is 1. The van der Waals surface area contributed by atoms with E-state index in [1.165, 1.54) is 55.6 Å². The van der Waals surface area contributed by atoms with Crippen LogP contribution in [0.2, 0.25) is 0 Å². The smallest absolute Gasteiger partial charge is 0.426 e. The Labute approximate surface area is 716 Å². The van der Waals surface area contributed by atoms with E-state index in [0.29, 0.717) is 36.1 Å². The van der Waals surface area contributed by atoms with E-state index in [9.17, 15) is 107 Å². The van der Waals surface area contributed by atoms with Crippen LogP contribution in [-0.4, -0.2) is 258 Å². The summed E-state index contributed by atoms with van der Waals surface area (Å²) in [5.41, 5.74) is 5.92. The molecule has 1 unspecified atom stereocenters. The fourth-order valence-corrected chi connectivity index (χ4v) is 15.3. The summed E-state index contributed by atoms with van der Waals surface area (Å²) < 4.78 is 17.2. The largest absolute Gasteiger partial charge is 0.508 e. The zero-order chi connectivity index (χ0) is 90.7. The van der Waals surface area contributed by atoms with Gasteiger partial charge in [0.2, 0.25) is 35.4 Å². The van der Waals surface area contributed by atoms with Crippen LogP contribution in [0.25, 0.3) is 0 Å². The third-order valence-electron chi connectivity index (χ3n) is 19.4. The van der Waals surface area contributed by atoms with Crippen LogP contribution in [0, 0.1) is 17.8 Å². The van der Waals surface area contributed by atoms with E-state index in [1.54, 1.807) is 17.0 Å². The normalized spacial score (nSPS) is 15.3. The Morgan fingerprint density at radius 2 is 1.25 bits per heavy atom. The average Bonchev–Trinajstić information content (AvgIpc) is 1.08. The first-order chi connectivity index (χ1) is 57.8. The molecule has 44 heteroatoms. The monoisotopic (exact) mass is 1770 g/mol. The molecule has 0 spiro atoms. The van der Waals surface area contributed by atoms with E-state index < -0.39 is 188 Å². The number of phenols is 1. The maximum atomic E-state index is 15.0. The number of carboxylic acids is 6. The molecule has 2 aromatic carbocycles. The minimum atomic E-state index is -2.00. The second kappa shape index (κ2) is 54.3.